The van der Waals surface area contributed by atoms with Gasteiger partial charge in [0.25, 0.3) is 0 Å². The van der Waals surface area contributed by atoms with Gasteiger partial charge in [-0.05, 0) is 31.7 Å². The van der Waals surface area contributed by atoms with Crippen LogP contribution in [0.1, 0.15) is 37.4 Å². The zero-order valence-corrected chi connectivity index (χ0v) is 9.94. The minimum absolute atomic E-state index is 0.619. The van der Waals surface area contributed by atoms with E-state index in [0.717, 1.165) is 25.8 Å². The fourth-order valence-electron chi connectivity index (χ4n) is 1.32. The lowest BCUT2D eigenvalue weighted by molar-refractivity contribution is 0.543. The average molecular weight is 212 g/mol. The maximum atomic E-state index is 5.57. The predicted molar refractivity (Wildman–Crippen MR) is 62.6 cm³/mol. The fraction of sp³-hybridized carbons (Fsp3) is 0.727. The summed E-state index contributed by atoms with van der Waals surface area (Å²) in [5.74, 6) is 0.619. The molecule has 3 heteroatoms. The normalized spacial score (nSPS) is 13.1. The first kappa shape index (κ1) is 11.7. The Labute approximate surface area is 90.6 Å². The third-order valence-corrected chi connectivity index (χ3v) is 3.32. The number of nitrogens with zero attached hydrogens (tertiary/aromatic N) is 1. The summed E-state index contributed by atoms with van der Waals surface area (Å²) in [6.07, 6.45) is 4.55. The second-order valence-corrected chi connectivity index (χ2v) is 4.80. The van der Waals surface area contributed by atoms with E-state index in [1.54, 1.807) is 11.3 Å². The number of aromatic nitrogens is 1. The highest BCUT2D eigenvalue weighted by atomic mass is 32.1. The van der Waals surface area contributed by atoms with Crippen LogP contribution in [-0.2, 0) is 12.8 Å². The van der Waals surface area contributed by atoms with Crippen molar-refractivity contribution < 1.29 is 0 Å². The van der Waals surface area contributed by atoms with Crippen LogP contribution >= 0.6 is 11.3 Å². The minimum atomic E-state index is 0.619. The molecule has 0 fully saturated rings. The third kappa shape index (κ3) is 3.76. The minimum Gasteiger partial charge on any atom is -0.330 e. The van der Waals surface area contributed by atoms with Gasteiger partial charge in [-0.3, -0.25) is 0 Å². The summed E-state index contributed by atoms with van der Waals surface area (Å²) in [5.41, 5.74) is 6.83. The Morgan fingerprint density at radius 3 is 2.93 bits per heavy atom. The van der Waals surface area contributed by atoms with Crippen molar-refractivity contribution in [3.8, 4) is 0 Å². The van der Waals surface area contributed by atoms with Crippen LogP contribution in [0.5, 0.6) is 0 Å². The van der Waals surface area contributed by atoms with E-state index in [1.165, 1.54) is 17.1 Å². The Balaban J connectivity index is 2.35. The monoisotopic (exact) mass is 212 g/mol. The van der Waals surface area contributed by atoms with Crippen LogP contribution in [0.25, 0.3) is 0 Å². The van der Waals surface area contributed by atoms with Crippen LogP contribution < -0.4 is 5.73 Å². The van der Waals surface area contributed by atoms with Crippen molar-refractivity contribution in [2.75, 3.05) is 6.54 Å². The molecular weight excluding hydrogens is 192 g/mol. The smallest absolute Gasteiger partial charge is 0.0928 e. The fourth-order valence-corrected chi connectivity index (χ4v) is 2.17. The molecule has 1 unspecified atom stereocenters. The standard InChI is InChI=1S/C11H20N2S/c1-3-4-10-8-14-11(13-10)6-5-9(2)7-12/h8-9H,3-7,12H2,1-2H3. The Kier molecular flexibility index (Phi) is 5.12. The van der Waals surface area contributed by atoms with Gasteiger partial charge in [-0.15, -0.1) is 11.3 Å². The van der Waals surface area contributed by atoms with Gasteiger partial charge in [-0.2, -0.15) is 0 Å². The predicted octanol–water partition coefficient (Wildman–Crippen LogP) is 2.62. The molecule has 0 saturated heterocycles. The number of thiazole rings is 1. The first-order valence-corrected chi connectivity index (χ1v) is 6.27. The molecule has 0 bridgehead atoms. The van der Waals surface area contributed by atoms with E-state index in [0.29, 0.717) is 5.92 Å². The van der Waals surface area contributed by atoms with Crippen LogP contribution in [-0.4, -0.2) is 11.5 Å². The molecule has 80 valence electrons. The highest BCUT2D eigenvalue weighted by molar-refractivity contribution is 7.09. The van der Waals surface area contributed by atoms with E-state index < -0.39 is 0 Å². The molecule has 0 aliphatic heterocycles. The quantitative estimate of drug-likeness (QED) is 0.787. The van der Waals surface area contributed by atoms with E-state index in [9.17, 15) is 0 Å². The highest BCUT2D eigenvalue weighted by Crippen LogP contribution is 2.15. The van der Waals surface area contributed by atoms with Crippen molar-refractivity contribution in [1.82, 2.24) is 4.98 Å². The van der Waals surface area contributed by atoms with Crippen molar-refractivity contribution >= 4 is 11.3 Å². The van der Waals surface area contributed by atoms with E-state index in [4.69, 9.17) is 5.73 Å². The molecule has 2 nitrogen and oxygen atoms in total. The SMILES string of the molecule is CCCc1csc(CCC(C)CN)n1. The van der Waals surface area contributed by atoms with Crippen molar-refractivity contribution in [1.29, 1.82) is 0 Å². The molecule has 1 aromatic heterocycles. The molecule has 1 aromatic rings. The van der Waals surface area contributed by atoms with Crippen LogP contribution in [0.4, 0.5) is 0 Å². The molecule has 0 amide bonds. The molecule has 2 N–H and O–H groups in total. The van der Waals surface area contributed by atoms with Gasteiger partial charge >= 0.3 is 0 Å². The third-order valence-electron chi connectivity index (χ3n) is 2.36. The van der Waals surface area contributed by atoms with E-state index in [2.05, 4.69) is 24.2 Å². The number of rotatable bonds is 6. The maximum Gasteiger partial charge on any atom is 0.0928 e. The molecule has 1 heterocycles. The zero-order valence-electron chi connectivity index (χ0n) is 9.12. The second-order valence-electron chi connectivity index (χ2n) is 3.86. The molecule has 1 rings (SSSR count). The molecular formula is C11H20N2S. The summed E-state index contributed by atoms with van der Waals surface area (Å²) in [4.78, 5) is 4.58. The van der Waals surface area contributed by atoms with Crippen LogP contribution in [0.2, 0.25) is 0 Å². The molecule has 0 aliphatic carbocycles. The molecule has 0 saturated carbocycles. The average Bonchev–Trinajstić information content (AvgIpc) is 2.63. The van der Waals surface area contributed by atoms with Gasteiger partial charge in [0.1, 0.15) is 0 Å². The topological polar surface area (TPSA) is 38.9 Å². The van der Waals surface area contributed by atoms with Gasteiger partial charge in [-0.25, -0.2) is 4.98 Å². The van der Waals surface area contributed by atoms with Crippen molar-refractivity contribution in [2.45, 2.75) is 39.5 Å². The first-order chi connectivity index (χ1) is 6.76. The van der Waals surface area contributed by atoms with E-state index in [1.807, 2.05) is 0 Å². The van der Waals surface area contributed by atoms with Crippen molar-refractivity contribution in [3.05, 3.63) is 16.1 Å². The van der Waals surface area contributed by atoms with Gasteiger partial charge in [-0.1, -0.05) is 20.3 Å². The molecule has 0 aliphatic rings. The Morgan fingerprint density at radius 2 is 2.29 bits per heavy atom. The summed E-state index contributed by atoms with van der Waals surface area (Å²) >= 11 is 1.79. The van der Waals surface area contributed by atoms with Crippen LogP contribution in [0.3, 0.4) is 0 Å². The van der Waals surface area contributed by atoms with Crippen LogP contribution in [0.15, 0.2) is 5.38 Å². The second kappa shape index (κ2) is 6.14. The molecule has 0 spiro atoms. The number of hydrogen-bond acceptors (Lipinski definition) is 3. The lowest BCUT2D eigenvalue weighted by atomic mass is 10.1. The van der Waals surface area contributed by atoms with Gasteiger partial charge in [0.05, 0.1) is 10.7 Å². The summed E-state index contributed by atoms with van der Waals surface area (Å²) < 4.78 is 0. The zero-order chi connectivity index (χ0) is 10.4. The highest BCUT2D eigenvalue weighted by Gasteiger charge is 2.04. The Bertz CT molecular complexity index is 258. The summed E-state index contributed by atoms with van der Waals surface area (Å²) in [5, 5.41) is 3.46. The summed E-state index contributed by atoms with van der Waals surface area (Å²) in [6.45, 7) is 5.17. The van der Waals surface area contributed by atoms with E-state index in [-0.39, 0.29) is 0 Å². The van der Waals surface area contributed by atoms with Gasteiger partial charge in [0, 0.05) is 5.38 Å². The summed E-state index contributed by atoms with van der Waals surface area (Å²) in [6, 6.07) is 0. The number of hydrogen-bond donors (Lipinski definition) is 1. The molecule has 14 heavy (non-hydrogen) atoms. The largest absolute Gasteiger partial charge is 0.330 e. The molecule has 0 aromatic carbocycles. The Morgan fingerprint density at radius 1 is 1.50 bits per heavy atom. The first-order valence-electron chi connectivity index (χ1n) is 5.39. The van der Waals surface area contributed by atoms with Gasteiger partial charge in [0.15, 0.2) is 0 Å². The van der Waals surface area contributed by atoms with Gasteiger partial charge < -0.3 is 5.73 Å². The van der Waals surface area contributed by atoms with Crippen molar-refractivity contribution in [3.63, 3.8) is 0 Å². The lowest BCUT2D eigenvalue weighted by Gasteiger charge is -2.04. The Hall–Kier alpha value is -0.410. The van der Waals surface area contributed by atoms with E-state index >= 15 is 0 Å². The maximum absolute atomic E-state index is 5.57. The number of nitrogens with two attached hydrogens (primary N) is 1. The molecule has 0 radical (unpaired) electrons. The lowest BCUT2D eigenvalue weighted by Crippen LogP contribution is -2.11. The number of aryl methyl sites for hydroxylation is 2. The summed E-state index contributed by atoms with van der Waals surface area (Å²) in [7, 11) is 0. The van der Waals surface area contributed by atoms with Crippen molar-refractivity contribution in [2.24, 2.45) is 11.7 Å². The van der Waals surface area contributed by atoms with Crippen LogP contribution in [0, 0.1) is 5.92 Å². The van der Waals surface area contributed by atoms with Gasteiger partial charge in [0.2, 0.25) is 0 Å². The molecule has 1 atom stereocenters.